The highest BCUT2D eigenvalue weighted by atomic mass is 32.1. The van der Waals surface area contributed by atoms with Crippen molar-refractivity contribution in [1.29, 1.82) is 0 Å². The molecular formula is C19H25NO2S. The van der Waals surface area contributed by atoms with Crippen LogP contribution < -0.4 is 0 Å². The fourth-order valence-electron chi connectivity index (χ4n) is 3.12. The Morgan fingerprint density at radius 2 is 2.00 bits per heavy atom. The number of hydrogen-bond acceptors (Lipinski definition) is 3. The van der Waals surface area contributed by atoms with Crippen LogP contribution in [0.5, 0.6) is 0 Å². The molecule has 4 heteroatoms. The number of rotatable bonds is 2. The predicted molar refractivity (Wildman–Crippen MR) is 96.1 cm³/mol. The maximum Gasteiger partial charge on any atom is 0.410 e. The Labute approximate surface area is 142 Å². The summed E-state index contributed by atoms with van der Waals surface area (Å²) in [6, 6.07) is 8.98. The van der Waals surface area contributed by atoms with E-state index < -0.39 is 5.60 Å². The van der Waals surface area contributed by atoms with Crippen molar-refractivity contribution in [3.63, 3.8) is 0 Å². The zero-order chi connectivity index (χ0) is 16.4. The van der Waals surface area contributed by atoms with Gasteiger partial charge in [0, 0.05) is 17.8 Å². The number of thiophene rings is 1. The van der Waals surface area contributed by atoms with Crippen LogP contribution in [-0.2, 0) is 11.2 Å². The van der Waals surface area contributed by atoms with E-state index >= 15 is 0 Å². The summed E-state index contributed by atoms with van der Waals surface area (Å²) in [7, 11) is 0. The summed E-state index contributed by atoms with van der Waals surface area (Å²) in [4.78, 5) is 14.0. The van der Waals surface area contributed by atoms with Gasteiger partial charge in [0.15, 0.2) is 0 Å². The maximum atomic E-state index is 12.1. The van der Waals surface area contributed by atoms with Crippen LogP contribution in [0.15, 0.2) is 29.6 Å². The third-order valence-electron chi connectivity index (χ3n) is 4.31. The summed E-state index contributed by atoms with van der Waals surface area (Å²) in [5.41, 5.74) is 0.996. The lowest BCUT2D eigenvalue weighted by Crippen LogP contribution is -2.42. The quantitative estimate of drug-likeness (QED) is 0.767. The summed E-state index contributed by atoms with van der Waals surface area (Å²) in [5, 5.41) is 3.49. The van der Waals surface area contributed by atoms with Crippen molar-refractivity contribution < 1.29 is 9.53 Å². The second kappa shape index (κ2) is 6.52. The minimum absolute atomic E-state index is 0.171. The van der Waals surface area contributed by atoms with E-state index in [-0.39, 0.29) is 6.09 Å². The van der Waals surface area contributed by atoms with Crippen LogP contribution >= 0.6 is 11.3 Å². The van der Waals surface area contributed by atoms with Gasteiger partial charge >= 0.3 is 6.09 Å². The molecule has 1 aliphatic rings. The molecule has 0 unspecified atom stereocenters. The first-order chi connectivity index (χ1) is 10.9. The molecule has 1 saturated heterocycles. The molecule has 2 aromatic rings. The molecule has 1 fully saturated rings. The molecule has 2 heterocycles. The van der Waals surface area contributed by atoms with Gasteiger partial charge in [0.2, 0.25) is 0 Å². The molecule has 0 bridgehead atoms. The van der Waals surface area contributed by atoms with Crippen molar-refractivity contribution in [3.05, 3.63) is 35.2 Å². The fourth-order valence-corrected chi connectivity index (χ4v) is 3.89. The Morgan fingerprint density at radius 3 is 2.70 bits per heavy atom. The highest BCUT2D eigenvalue weighted by molar-refractivity contribution is 7.17. The number of carbonyl (C=O) groups excluding carboxylic acids is 1. The number of nitrogens with zero attached hydrogens (tertiary/aromatic N) is 1. The Hall–Kier alpha value is -1.55. The second-order valence-electron chi connectivity index (χ2n) is 7.41. The number of benzene rings is 1. The third kappa shape index (κ3) is 4.25. The van der Waals surface area contributed by atoms with Gasteiger partial charge in [0.25, 0.3) is 0 Å². The van der Waals surface area contributed by atoms with Crippen molar-refractivity contribution in [1.82, 2.24) is 4.90 Å². The number of fused-ring (bicyclic) bond motifs is 1. The van der Waals surface area contributed by atoms with Gasteiger partial charge in [0.1, 0.15) is 5.60 Å². The van der Waals surface area contributed by atoms with Crippen LogP contribution in [0.25, 0.3) is 10.1 Å². The highest BCUT2D eigenvalue weighted by Crippen LogP contribution is 2.26. The molecule has 0 N–H and O–H groups in total. The van der Waals surface area contributed by atoms with Crippen LogP contribution in [0.3, 0.4) is 0 Å². The Morgan fingerprint density at radius 1 is 1.26 bits per heavy atom. The van der Waals surface area contributed by atoms with Gasteiger partial charge in [-0.1, -0.05) is 12.1 Å². The standard InChI is InChI=1S/C19H25NO2S/c1-19(2,3)22-18(21)20-9-6-14(7-10-20)12-15-4-5-17-16(13-15)8-11-23-17/h4-5,8,11,13-14H,6-7,9-10,12H2,1-3H3. The molecule has 1 amide bonds. The van der Waals surface area contributed by atoms with Crippen LogP contribution in [0.1, 0.15) is 39.2 Å². The first-order valence-corrected chi connectivity index (χ1v) is 9.23. The summed E-state index contributed by atoms with van der Waals surface area (Å²) >= 11 is 1.79. The van der Waals surface area contributed by atoms with Crippen molar-refractivity contribution in [2.24, 2.45) is 5.92 Å². The molecule has 0 aliphatic carbocycles. The third-order valence-corrected chi connectivity index (χ3v) is 5.21. The maximum absolute atomic E-state index is 12.1. The van der Waals surface area contributed by atoms with Gasteiger partial charge in [-0.3, -0.25) is 0 Å². The molecule has 0 atom stereocenters. The normalized spacial score (nSPS) is 16.7. The first kappa shape index (κ1) is 16.3. The number of ether oxygens (including phenoxy) is 1. The van der Waals surface area contributed by atoms with Crippen LogP contribution in [0.2, 0.25) is 0 Å². The lowest BCUT2D eigenvalue weighted by atomic mass is 9.90. The van der Waals surface area contributed by atoms with Crippen LogP contribution in [-0.4, -0.2) is 29.7 Å². The number of carbonyl (C=O) groups is 1. The largest absolute Gasteiger partial charge is 0.444 e. The Balaban J connectivity index is 1.53. The number of amides is 1. The van der Waals surface area contributed by atoms with E-state index in [9.17, 15) is 4.79 Å². The van der Waals surface area contributed by atoms with Gasteiger partial charge in [-0.25, -0.2) is 4.79 Å². The molecule has 3 rings (SSSR count). The average molecular weight is 331 g/mol. The van der Waals surface area contributed by atoms with E-state index in [0.717, 1.165) is 32.4 Å². The van der Waals surface area contributed by atoms with E-state index in [1.807, 2.05) is 25.7 Å². The van der Waals surface area contributed by atoms with E-state index in [1.54, 1.807) is 11.3 Å². The highest BCUT2D eigenvalue weighted by Gasteiger charge is 2.26. The predicted octanol–water partition coefficient (Wildman–Crippen LogP) is 5.09. The summed E-state index contributed by atoms with van der Waals surface area (Å²) in [5.74, 6) is 0.657. The SMILES string of the molecule is CC(C)(C)OC(=O)N1CCC(Cc2ccc3sccc3c2)CC1. The minimum Gasteiger partial charge on any atom is -0.444 e. The monoisotopic (exact) mass is 331 g/mol. The zero-order valence-electron chi connectivity index (χ0n) is 14.2. The topological polar surface area (TPSA) is 29.5 Å². The minimum atomic E-state index is -0.413. The van der Waals surface area contributed by atoms with Crippen molar-refractivity contribution >= 4 is 27.5 Å². The zero-order valence-corrected chi connectivity index (χ0v) is 15.0. The molecule has 23 heavy (non-hydrogen) atoms. The lowest BCUT2D eigenvalue weighted by Gasteiger charge is -2.33. The van der Waals surface area contributed by atoms with Crippen molar-refractivity contribution in [2.45, 2.75) is 45.6 Å². The van der Waals surface area contributed by atoms with Gasteiger partial charge in [-0.2, -0.15) is 0 Å². The molecule has 124 valence electrons. The summed E-state index contributed by atoms with van der Waals surface area (Å²) in [6.45, 7) is 7.36. The van der Waals surface area contributed by atoms with E-state index in [0.29, 0.717) is 5.92 Å². The molecule has 1 aromatic carbocycles. The Kier molecular flexibility index (Phi) is 4.62. The van der Waals surface area contributed by atoms with E-state index in [2.05, 4.69) is 29.6 Å². The molecule has 0 saturated carbocycles. The second-order valence-corrected chi connectivity index (χ2v) is 8.36. The number of hydrogen-bond donors (Lipinski definition) is 0. The molecule has 0 spiro atoms. The lowest BCUT2D eigenvalue weighted by molar-refractivity contribution is 0.0184. The molecule has 1 aromatic heterocycles. The van der Waals surface area contributed by atoms with Crippen LogP contribution in [0, 0.1) is 5.92 Å². The van der Waals surface area contributed by atoms with E-state index in [4.69, 9.17) is 4.74 Å². The number of likely N-dealkylation sites (tertiary alicyclic amines) is 1. The van der Waals surface area contributed by atoms with Gasteiger partial charge in [-0.05, 0) is 74.4 Å². The molecule has 3 nitrogen and oxygen atoms in total. The Bertz CT molecular complexity index is 678. The molecule has 1 aliphatic heterocycles. The first-order valence-electron chi connectivity index (χ1n) is 8.35. The van der Waals surface area contributed by atoms with Crippen molar-refractivity contribution in [2.75, 3.05) is 13.1 Å². The van der Waals surface area contributed by atoms with Gasteiger partial charge in [0.05, 0.1) is 0 Å². The summed E-state index contributed by atoms with van der Waals surface area (Å²) < 4.78 is 6.81. The van der Waals surface area contributed by atoms with Crippen LogP contribution in [0.4, 0.5) is 4.79 Å². The fraction of sp³-hybridized carbons (Fsp3) is 0.526. The average Bonchev–Trinajstić information content (AvgIpc) is 2.94. The molecular weight excluding hydrogens is 306 g/mol. The molecule has 0 radical (unpaired) electrons. The van der Waals surface area contributed by atoms with Crippen molar-refractivity contribution in [3.8, 4) is 0 Å². The number of piperidine rings is 1. The summed E-state index contributed by atoms with van der Waals surface area (Å²) in [6.07, 6.45) is 3.05. The van der Waals surface area contributed by atoms with Gasteiger partial charge < -0.3 is 9.64 Å². The van der Waals surface area contributed by atoms with Gasteiger partial charge in [-0.15, -0.1) is 11.3 Å². The smallest absolute Gasteiger partial charge is 0.410 e. The van der Waals surface area contributed by atoms with E-state index in [1.165, 1.54) is 15.6 Å².